The van der Waals surface area contributed by atoms with Crippen LogP contribution in [0.25, 0.3) is 0 Å². The Morgan fingerprint density at radius 1 is 0.762 bits per heavy atom. The predicted octanol–water partition coefficient (Wildman–Crippen LogP) is 0.405. The van der Waals surface area contributed by atoms with Crippen molar-refractivity contribution < 1.29 is 40.8 Å². The molecule has 0 aromatic rings. The first-order valence-corrected chi connectivity index (χ1v) is 9.07. The van der Waals surface area contributed by atoms with Crippen molar-refractivity contribution >= 4 is 10.4 Å². The molecule has 0 saturated heterocycles. The summed E-state index contributed by atoms with van der Waals surface area (Å²) in [6.45, 7) is 3.53. The van der Waals surface area contributed by atoms with Gasteiger partial charge in [-0.2, -0.15) is 0 Å². The average molecular weight is 316 g/mol. The molecular weight excluding hydrogens is 287 g/mol. The van der Waals surface area contributed by atoms with Crippen LogP contribution in [0.5, 0.6) is 0 Å². The normalized spacial score (nSPS) is 11.3. The molecule has 0 unspecified atom stereocenters. The number of unbranched alkanes of at least 4 members (excludes halogenated alkanes) is 8. The first-order chi connectivity index (χ1) is 9.56. The van der Waals surface area contributed by atoms with E-state index in [9.17, 15) is 13.0 Å². The Hall–Kier alpha value is 0.427. The molecular formula is C14H29LiO5S. The molecule has 7 heteroatoms. The molecule has 0 aliphatic rings. The topological polar surface area (TPSA) is 75.7 Å². The van der Waals surface area contributed by atoms with Crippen LogP contribution in [0, 0.1) is 0 Å². The average Bonchev–Trinajstić information content (AvgIpc) is 2.38. The maximum Gasteiger partial charge on any atom is 1.00 e. The molecule has 0 aliphatic carbocycles. The second-order valence-electron chi connectivity index (χ2n) is 5.02. The van der Waals surface area contributed by atoms with Crippen molar-refractivity contribution in [3.8, 4) is 0 Å². The quantitative estimate of drug-likeness (QED) is 0.189. The Morgan fingerprint density at radius 3 is 1.71 bits per heavy atom. The van der Waals surface area contributed by atoms with Crippen molar-refractivity contribution in [1.29, 1.82) is 0 Å². The maximum atomic E-state index is 10.1. The summed E-state index contributed by atoms with van der Waals surface area (Å²) in [6.07, 6.45) is 11.5. The van der Waals surface area contributed by atoms with Crippen LogP contribution in [0.3, 0.4) is 0 Å². The van der Waals surface area contributed by atoms with Gasteiger partial charge in [0, 0.05) is 13.2 Å². The van der Waals surface area contributed by atoms with Gasteiger partial charge in [0.1, 0.15) is 0 Å². The van der Waals surface area contributed by atoms with Gasteiger partial charge in [-0.05, 0) is 19.3 Å². The summed E-state index contributed by atoms with van der Waals surface area (Å²) >= 11 is 0. The van der Waals surface area contributed by atoms with Crippen molar-refractivity contribution in [3.05, 3.63) is 0 Å². The SMILES string of the molecule is CCCCCCCCCCOCCCCOS(=O)(=O)[O-].[Li+]. The Kier molecular flexibility index (Phi) is 18.9. The standard InChI is InChI=1S/C14H30O5S.Li/c1-2-3-4-5-6-7-8-9-12-18-13-10-11-14-19-20(15,16)17;/h2-14H2,1H3,(H,15,16,17);/q;+1/p-1. The largest absolute Gasteiger partial charge is 1.00 e. The molecule has 0 fully saturated rings. The van der Waals surface area contributed by atoms with Crippen molar-refractivity contribution in [3.63, 3.8) is 0 Å². The first-order valence-electron chi connectivity index (χ1n) is 7.74. The summed E-state index contributed by atoms with van der Waals surface area (Å²) in [5.41, 5.74) is 0. The zero-order chi connectivity index (χ0) is 15.1. The minimum absolute atomic E-state index is 0. The van der Waals surface area contributed by atoms with Gasteiger partial charge in [0.2, 0.25) is 10.4 Å². The Labute approximate surface area is 142 Å². The van der Waals surface area contributed by atoms with Gasteiger partial charge in [-0.25, -0.2) is 8.42 Å². The third-order valence-corrected chi connectivity index (χ3v) is 3.51. The van der Waals surface area contributed by atoms with E-state index in [1.165, 1.54) is 44.9 Å². The fourth-order valence-electron chi connectivity index (χ4n) is 1.91. The predicted molar refractivity (Wildman–Crippen MR) is 78.3 cm³/mol. The summed E-state index contributed by atoms with van der Waals surface area (Å²) in [7, 11) is -4.53. The number of hydrogen-bond acceptors (Lipinski definition) is 5. The van der Waals surface area contributed by atoms with Crippen LogP contribution in [0.4, 0.5) is 0 Å². The molecule has 0 aromatic carbocycles. The summed E-state index contributed by atoms with van der Waals surface area (Å²) in [6, 6.07) is 0. The van der Waals surface area contributed by atoms with E-state index in [0.717, 1.165) is 13.0 Å². The Morgan fingerprint density at radius 2 is 1.19 bits per heavy atom. The summed E-state index contributed by atoms with van der Waals surface area (Å²) in [5, 5.41) is 0. The van der Waals surface area contributed by atoms with Gasteiger partial charge in [-0.15, -0.1) is 0 Å². The van der Waals surface area contributed by atoms with Crippen molar-refractivity contribution in [1.82, 2.24) is 0 Å². The Bertz CT molecular complexity index is 296. The van der Waals surface area contributed by atoms with Crippen LogP contribution in [-0.4, -0.2) is 32.8 Å². The fraction of sp³-hybridized carbons (Fsp3) is 1.00. The minimum atomic E-state index is -4.53. The second kappa shape index (κ2) is 16.8. The molecule has 0 aliphatic heterocycles. The van der Waals surface area contributed by atoms with Gasteiger partial charge >= 0.3 is 18.9 Å². The van der Waals surface area contributed by atoms with E-state index >= 15 is 0 Å². The zero-order valence-corrected chi connectivity index (χ0v) is 14.5. The van der Waals surface area contributed by atoms with E-state index in [0.29, 0.717) is 19.4 Å². The van der Waals surface area contributed by atoms with E-state index in [1.54, 1.807) is 0 Å². The van der Waals surface area contributed by atoms with Gasteiger partial charge in [0.25, 0.3) is 0 Å². The second-order valence-corrected chi connectivity index (χ2v) is 6.08. The number of hydrogen-bond donors (Lipinski definition) is 0. The zero-order valence-electron chi connectivity index (χ0n) is 13.6. The minimum Gasteiger partial charge on any atom is -0.726 e. The van der Waals surface area contributed by atoms with E-state index in [-0.39, 0.29) is 25.5 Å². The third kappa shape index (κ3) is 22.8. The molecule has 0 atom stereocenters. The summed E-state index contributed by atoms with van der Waals surface area (Å²) < 4.78 is 39.9. The van der Waals surface area contributed by atoms with Gasteiger partial charge in [0.15, 0.2) is 0 Å². The van der Waals surface area contributed by atoms with E-state index in [4.69, 9.17) is 4.74 Å². The molecule has 0 heterocycles. The van der Waals surface area contributed by atoms with Crippen molar-refractivity contribution in [2.45, 2.75) is 71.1 Å². The molecule has 122 valence electrons. The van der Waals surface area contributed by atoms with E-state index < -0.39 is 10.4 Å². The van der Waals surface area contributed by atoms with Gasteiger partial charge in [-0.1, -0.05) is 51.9 Å². The van der Waals surface area contributed by atoms with Crippen LogP contribution in [0.1, 0.15) is 71.1 Å². The van der Waals surface area contributed by atoms with Crippen LogP contribution in [-0.2, 0) is 19.3 Å². The maximum absolute atomic E-state index is 10.1. The molecule has 0 bridgehead atoms. The molecule has 5 nitrogen and oxygen atoms in total. The smallest absolute Gasteiger partial charge is 0.726 e. The molecule has 0 radical (unpaired) electrons. The van der Waals surface area contributed by atoms with Gasteiger partial charge in [-0.3, -0.25) is 4.18 Å². The molecule has 0 spiro atoms. The molecule has 0 saturated carbocycles. The van der Waals surface area contributed by atoms with Crippen LogP contribution < -0.4 is 18.9 Å². The Balaban J connectivity index is 0. The monoisotopic (exact) mass is 316 g/mol. The number of ether oxygens (including phenoxy) is 1. The van der Waals surface area contributed by atoms with Crippen LogP contribution >= 0.6 is 0 Å². The summed E-state index contributed by atoms with van der Waals surface area (Å²) in [4.78, 5) is 0. The van der Waals surface area contributed by atoms with Crippen LogP contribution in [0.2, 0.25) is 0 Å². The van der Waals surface area contributed by atoms with Crippen LogP contribution in [0.15, 0.2) is 0 Å². The molecule has 0 aromatic heterocycles. The fourth-order valence-corrected chi connectivity index (χ4v) is 2.23. The molecule has 0 N–H and O–H groups in total. The van der Waals surface area contributed by atoms with E-state index in [2.05, 4.69) is 11.1 Å². The van der Waals surface area contributed by atoms with Gasteiger partial charge in [0.05, 0.1) is 6.61 Å². The molecule has 0 amide bonds. The van der Waals surface area contributed by atoms with E-state index in [1.807, 2.05) is 0 Å². The third-order valence-electron chi connectivity index (χ3n) is 3.05. The molecule has 21 heavy (non-hydrogen) atoms. The first kappa shape index (κ1) is 23.7. The summed E-state index contributed by atoms with van der Waals surface area (Å²) in [5.74, 6) is 0. The van der Waals surface area contributed by atoms with Gasteiger partial charge < -0.3 is 9.29 Å². The van der Waals surface area contributed by atoms with Crippen molar-refractivity contribution in [2.24, 2.45) is 0 Å². The number of rotatable bonds is 15. The van der Waals surface area contributed by atoms with Crippen molar-refractivity contribution in [2.75, 3.05) is 19.8 Å². The molecule has 0 rings (SSSR count).